The number of aliphatic hydroxyl groups excluding tert-OH is 10. The quantitative estimate of drug-likeness (QED) is 0.143. The van der Waals surface area contributed by atoms with Crippen molar-refractivity contribution in [1.29, 1.82) is 0 Å². The minimum Gasteiger partial charge on any atom is -0.394 e. The van der Waals surface area contributed by atoms with Gasteiger partial charge in [0, 0.05) is 7.11 Å². The van der Waals surface area contributed by atoms with Crippen LogP contribution in [0.15, 0.2) is 0 Å². The van der Waals surface area contributed by atoms with Crippen molar-refractivity contribution < 1.29 is 79.5 Å². The molecule has 3 aliphatic rings. The van der Waals surface area contributed by atoms with Crippen LogP contribution in [0.2, 0.25) is 0 Å². The summed E-state index contributed by atoms with van der Waals surface area (Å²) in [6.45, 7) is -2.00. The lowest BCUT2D eigenvalue weighted by Gasteiger charge is -2.46. The van der Waals surface area contributed by atoms with Gasteiger partial charge < -0.3 is 79.5 Å². The van der Waals surface area contributed by atoms with Crippen molar-refractivity contribution in [1.82, 2.24) is 0 Å². The number of aliphatic hydroxyl groups is 10. The van der Waals surface area contributed by atoms with Gasteiger partial charge in [-0.2, -0.15) is 0 Å². The van der Waals surface area contributed by atoms with Crippen molar-refractivity contribution in [2.24, 2.45) is 0 Å². The molecule has 3 fully saturated rings. The average molecular weight is 518 g/mol. The molecule has 10 N–H and O–H groups in total. The standard InChI is InChI=1S/C19H34O16/c1-30-17-14(28)12(26)10(24)7(34-17)4-31-19-16(13(27)9(23)6(3-21)33-19)35-18-15(29)11(25)8(22)5(2-20)32-18/h5-29H,2-4H2,1H3/t5-,6-,7-,8-,9-,10-,11+,12+,13+,14+,15+,16+,17-,18-,19+/m1/s1. The van der Waals surface area contributed by atoms with Gasteiger partial charge in [0.2, 0.25) is 0 Å². The van der Waals surface area contributed by atoms with Crippen LogP contribution in [0.1, 0.15) is 0 Å². The number of ether oxygens (including phenoxy) is 6. The van der Waals surface area contributed by atoms with Gasteiger partial charge in [-0.25, -0.2) is 0 Å². The lowest BCUT2D eigenvalue weighted by atomic mass is 9.97. The van der Waals surface area contributed by atoms with Crippen molar-refractivity contribution in [3.63, 3.8) is 0 Å². The van der Waals surface area contributed by atoms with Crippen molar-refractivity contribution in [2.45, 2.75) is 92.1 Å². The van der Waals surface area contributed by atoms with E-state index in [1.54, 1.807) is 0 Å². The molecule has 206 valence electrons. The first kappa shape index (κ1) is 28.9. The molecular formula is C19H34O16. The zero-order valence-corrected chi connectivity index (χ0v) is 18.7. The Morgan fingerprint density at radius 3 is 1.54 bits per heavy atom. The highest BCUT2D eigenvalue weighted by Gasteiger charge is 2.51. The van der Waals surface area contributed by atoms with Gasteiger partial charge in [0.1, 0.15) is 73.2 Å². The van der Waals surface area contributed by atoms with Gasteiger partial charge in [0.05, 0.1) is 19.8 Å². The Labute approximate surface area is 199 Å². The summed E-state index contributed by atoms with van der Waals surface area (Å²) >= 11 is 0. The summed E-state index contributed by atoms with van der Waals surface area (Å²) in [5.74, 6) is 0. The molecule has 3 aliphatic heterocycles. The summed E-state index contributed by atoms with van der Waals surface area (Å²) in [7, 11) is 1.20. The van der Waals surface area contributed by atoms with Crippen LogP contribution in [-0.2, 0) is 28.4 Å². The van der Waals surface area contributed by atoms with Crippen LogP contribution in [0.5, 0.6) is 0 Å². The van der Waals surface area contributed by atoms with E-state index in [0.29, 0.717) is 0 Å². The molecule has 35 heavy (non-hydrogen) atoms. The minimum atomic E-state index is -1.84. The highest BCUT2D eigenvalue weighted by Crippen LogP contribution is 2.30. The van der Waals surface area contributed by atoms with Crippen molar-refractivity contribution in [2.75, 3.05) is 26.9 Å². The molecule has 0 saturated carbocycles. The maximum absolute atomic E-state index is 10.6. The second-order valence-corrected chi connectivity index (χ2v) is 8.59. The summed E-state index contributed by atoms with van der Waals surface area (Å²) in [6.07, 6.45) is -23.7. The fraction of sp³-hybridized carbons (Fsp3) is 1.00. The van der Waals surface area contributed by atoms with E-state index >= 15 is 0 Å². The molecule has 0 radical (unpaired) electrons. The maximum Gasteiger partial charge on any atom is 0.187 e. The molecule has 3 rings (SSSR count). The maximum atomic E-state index is 10.6. The first-order valence-corrected chi connectivity index (χ1v) is 11.0. The molecule has 0 unspecified atom stereocenters. The Morgan fingerprint density at radius 1 is 0.543 bits per heavy atom. The SMILES string of the molecule is CO[C@@H]1O[C@H](CO[C@H]2O[C@H](CO)[C@@H](O)[C@H](O)[C@@H]2O[C@H]2O[C@H](CO)[C@@H](O)[C@H](O)[C@@H]2O)[C@@H](O)[C@H](O)[C@@H]1O. The normalized spacial score (nSPS) is 51.3. The molecule has 0 aromatic carbocycles. The Hall–Kier alpha value is -0.640. The molecule has 16 nitrogen and oxygen atoms in total. The smallest absolute Gasteiger partial charge is 0.187 e. The van der Waals surface area contributed by atoms with Gasteiger partial charge >= 0.3 is 0 Å². The number of rotatable bonds is 8. The first-order chi connectivity index (χ1) is 16.5. The van der Waals surface area contributed by atoms with Crippen LogP contribution in [0.4, 0.5) is 0 Å². The number of hydrogen-bond donors (Lipinski definition) is 10. The van der Waals surface area contributed by atoms with E-state index in [4.69, 9.17) is 28.4 Å². The molecule has 3 heterocycles. The third-order valence-corrected chi connectivity index (χ3v) is 6.29. The van der Waals surface area contributed by atoms with E-state index < -0.39 is 112 Å². The van der Waals surface area contributed by atoms with Crippen LogP contribution in [0.25, 0.3) is 0 Å². The summed E-state index contributed by atoms with van der Waals surface area (Å²) in [5, 5.41) is 99.9. The number of hydrogen-bond acceptors (Lipinski definition) is 16. The zero-order valence-electron chi connectivity index (χ0n) is 18.7. The largest absolute Gasteiger partial charge is 0.394 e. The number of methoxy groups -OCH3 is 1. The monoisotopic (exact) mass is 518 g/mol. The molecule has 0 amide bonds. The van der Waals surface area contributed by atoms with Gasteiger partial charge in [-0.3, -0.25) is 0 Å². The topological polar surface area (TPSA) is 258 Å². The van der Waals surface area contributed by atoms with Gasteiger partial charge in [-0.05, 0) is 0 Å². The molecule has 0 spiro atoms. The van der Waals surface area contributed by atoms with Gasteiger partial charge in [-0.1, -0.05) is 0 Å². The van der Waals surface area contributed by atoms with E-state index in [1.165, 1.54) is 7.11 Å². The van der Waals surface area contributed by atoms with E-state index in [2.05, 4.69) is 0 Å². The van der Waals surface area contributed by atoms with E-state index in [-0.39, 0.29) is 0 Å². The molecule has 3 saturated heterocycles. The third-order valence-electron chi connectivity index (χ3n) is 6.29. The molecule has 0 aromatic rings. The molecule has 0 aromatic heterocycles. The molecular weight excluding hydrogens is 484 g/mol. The Bertz CT molecular complexity index is 652. The Balaban J connectivity index is 1.74. The third kappa shape index (κ3) is 5.93. The second kappa shape index (κ2) is 12.3. The summed E-state index contributed by atoms with van der Waals surface area (Å²) in [6, 6.07) is 0. The molecule has 15 atom stereocenters. The zero-order chi connectivity index (χ0) is 26.0. The van der Waals surface area contributed by atoms with Crippen LogP contribution < -0.4 is 0 Å². The van der Waals surface area contributed by atoms with Crippen molar-refractivity contribution in [3.8, 4) is 0 Å². The molecule has 0 aliphatic carbocycles. The van der Waals surface area contributed by atoms with E-state index in [0.717, 1.165) is 0 Å². The lowest BCUT2D eigenvalue weighted by molar-refractivity contribution is -0.372. The van der Waals surface area contributed by atoms with Crippen LogP contribution in [0.3, 0.4) is 0 Å². The summed E-state index contributed by atoms with van der Waals surface area (Å²) < 4.78 is 32.0. The highest BCUT2D eigenvalue weighted by atomic mass is 16.8. The Morgan fingerprint density at radius 2 is 1.00 bits per heavy atom. The molecule has 16 heteroatoms. The summed E-state index contributed by atoms with van der Waals surface area (Å²) in [5.41, 5.74) is 0. The van der Waals surface area contributed by atoms with Gasteiger partial charge in [-0.15, -0.1) is 0 Å². The van der Waals surface area contributed by atoms with Crippen molar-refractivity contribution in [3.05, 3.63) is 0 Å². The first-order valence-electron chi connectivity index (χ1n) is 11.0. The van der Waals surface area contributed by atoms with Crippen LogP contribution in [-0.4, -0.2) is 170 Å². The fourth-order valence-corrected chi connectivity index (χ4v) is 4.11. The predicted octanol–water partition coefficient (Wildman–Crippen LogP) is -6.92. The predicted molar refractivity (Wildman–Crippen MR) is 106 cm³/mol. The molecule has 0 bridgehead atoms. The second-order valence-electron chi connectivity index (χ2n) is 8.59. The van der Waals surface area contributed by atoms with E-state index in [9.17, 15) is 51.1 Å². The minimum absolute atomic E-state index is 0.523. The fourth-order valence-electron chi connectivity index (χ4n) is 4.11. The van der Waals surface area contributed by atoms with Crippen molar-refractivity contribution >= 4 is 0 Å². The highest BCUT2D eigenvalue weighted by molar-refractivity contribution is 4.94. The Kier molecular flexibility index (Phi) is 10.1. The van der Waals surface area contributed by atoms with Gasteiger partial charge in [0.25, 0.3) is 0 Å². The summed E-state index contributed by atoms with van der Waals surface area (Å²) in [4.78, 5) is 0. The van der Waals surface area contributed by atoms with Crippen LogP contribution >= 0.6 is 0 Å². The lowest BCUT2D eigenvalue weighted by Crippen LogP contribution is -2.65. The van der Waals surface area contributed by atoms with E-state index in [1.807, 2.05) is 0 Å². The average Bonchev–Trinajstić information content (AvgIpc) is 2.85. The van der Waals surface area contributed by atoms with Gasteiger partial charge in [0.15, 0.2) is 18.9 Å². The van der Waals surface area contributed by atoms with Crippen LogP contribution in [0, 0.1) is 0 Å².